The first kappa shape index (κ1) is 15.1. The molecule has 7 heteroatoms. The number of ether oxygens (including phenoxy) is 2. The van der Waals surface area contributed by atoms with Crippen LogP contribution in [0.2, 0.25) is 0 Å². The fraction of sp³-hybridized carbons (Fsp3) is 0.600. The molecule has 3 heterocycles. The highest BCUT2D eigenvalue weighted by Gasteiger charge is 2.47. The van der Waals surface area contributed by atoms with E-state index in [4.69, 9.17) is 13.9 Å². The third-order valence-electron chi connectivity index (χ3n) is 4.24. The lowest BCUT2D eigenvalue weighted by atomic mass is 9.98. The maximum atomic E-state index is 12.3. The van der Waals surface area contributed by atoms with Crippen LogP contribution < -0.4 is 5.32 Å². The van der Waals surface area contributed by atoms with Gasteiger partial charge in [0, 0.05) is 20.0 Å². The molecule has 1 aromatic rings. The first-order chi connectivity index (χ1) is 10.6. The van der Waals surface area contributed by atoms with Crippen LogP contribution in [0.1, 0.15) is 23.4 Å². The Balaban J connectivity index is 1.54. The second kappa shape index (κ2) is 6.10. The fourth-order valence-corrected chi connectivity index (χ4v) is 3.03. The monoisotopic (exact) mass is 308 g/mol. The van der Waals surface area contributed by atoms with Gasteiger partial charge in [0.25, 0.3) is 5.91 Å². The van der Waals surface area contributed by atoms with E-state index in [1.165, 1.54) is 6.26 Å². The minimum Gasteiger partial charge on any atom is -0.459 e. The van der Waals surface area contributed by atoms with Gasteiger partial charge in [0.1, 0.15) is 6.61 Å². The van der Waals surface area contributed by atoms with Crippen molar-refractivity contribution in [3.05, 3.63) is 24.2 Å². The zero-order valence-corrected chi connectivity index (χ0v) is 12.5. The Hall–Kier alpha value is -1.86. The maximum Gasteiger partial charge on any atom is 0.289 e. The van der Waals surface area contributed by atoms with Crippen molar-refractivity contribution in [3.63, 3.8) is 0 Å². The standard InChI is InChI=1S/C15H20N2O5/c1-16-13(18)9-21-11-7-15(22-8-11)4-5-17(10-15)14(19)12-3-2-6-20-12/h2-3,6,11H,4-5,7-10H2,1H3,(H,16,18). The molecule has 2 fully saturated rings. The summed E-state index contributed by atoms with van der Waals surface area (Å²) < 4.78 is 16.6. The average Bonchev–Trinajstić information content (AvgIpc) is 3.26. The summed E-state index contributed by atoms with van der Waals surface area (Å²) in [6, 6.07) is 3.37. The van der Waals surface area contributed by atoms with Crippen LogP contribution in [-0.4, -0.2) is 61.8 Å². The molecule has 0 saturated carbocycles. The van der Waals surface area contributed by atoms with Crippen LogP contribution in [0.4, 0.5) is 0 Å². The number of likely N-dealkylation sites (N-methyl/N-ethyl adjacent to an activating group) is 1. The third-order valence-corrected chi connectivity index (χ3v) is 4.24. The molecular formula is C15H20N2O5. The van der Waals surface area contributed by atoms with Crippen molar-refractivity contribution in [2.75, 3.05) is 33.4 Å². The second-order valence-corrected chi connectivity index (χ2v) is 5.76. The third kappa shape index (κ3) is 3.00. The Bertz CT molecular complexity index is 544. The van der Waals surface area contributed by atoms with Crippen LogP contribution in [-0.2, 0) is 14.3 Å². The summed E-state index contributed by atoms with van der Waals surface area (Å²) in [7, 11) is 1.58. The maximum absolute atomic E-state index is 12.3. The smallest absolute Gasteiger partial charge is 0.289 e. The van der Waals surface area contributed by atoms with Gasteiger partial charge in [0.05, 0.1) is 31.1 Å². The van der Waals surface area contributed by atoms with Gasteiger partial charge in [-0.1, -0.05) is 0 Å². The quantitative estimate of drug-likeness (QED) is 0.871. The average molecular weight is 308 g/mol. The Morgan fingerprint density at radius 1 is 1.55 bits per heavy atom. The molecule has 2 unspecified atom stereocenters. The van der Waals surface area contributed by atoms with Crippen LogP contribution in [0, 0.1) is 0 Å². The molecule has 1 N–H and O–H groups in total. The number of nitrogens with one attached hydrogen (secondary N) is 1. The highest BCUT2D eigenvalue weighted by Crippen LogP contribution is 2.36. The van der Waals surface area contributed by atoms with Crippen molar-refractivity contribution in [1.29, 1.82) is 0 Å². The predicted octanol–water partition coefficient (Wildman–Crippen LogP) is 0.416. The molecule has 0 radical (unpaired) electrons. The van der Waals surface area contributed by atoms with E-state index in [-0.39, 0.29) is 30.1 Å². The van der Waals surface area contributed by atoms with Crippen molar-refractivity contribution < 1.29 is 23.5 Å². The number of carbonyl (C=O) groups is 2. The van der Waals surface area contributed by atoms with Gasteiger partial charge in [0.15, 0.2) is 5.76 Å². The number of furan rings is 1. The zero-order valence-electron chi connectivity index (χ0n) is 12.5. The molecule has 22 heavy (non-hydrogen) atoms. The molecule has 2 aliphatic rings. The van der Waals surface area contributed by atoms with Gasteiger partial charge in [0.2, 0.25) is 5.91 Å². The van der Waals surface area contributed by atoms with Gasteiger partial charge in [-0.05, 0) is 18.6 Å². The van der Waals surface area contributed by atoms with Gasteiger partial charge in [-0.3, -0.25) is 9.59 Å². The number of likely N-dealkylation sites (tertiary alicyclic amines) is 1. The van der Waals surface area contributed by atoms with Crippen molar-refractivity contribution >= 4 is 11.8 Å². The Morgan fingerprint density at radius 3 is 3.14 bits per heavy atom. The minimum atomic E-state index is -0.352. The lowest BCUT2D eigenvalue weighted by Crippen LogP contribution is -2.36. The van der Waals surface area contributed by atoms with E-state index in [0.29, 0.717) is 31.9 Å². The molecule has 0 aliphatic carbocycles. The molecule has 2 aliphatic heterocycles. The predicted molar refractivity (Wildman–Crippen MR) is 76.3 cm³/mol. The summed E-state index contributed by atoms with van der Waals surface area (Å²) >= 11 is 0. The molecular weight excluding hydrogens is 288 g/mol. The molecule has 7 nitrogen and oxygen atoms in total. The van der Waals surface area contributed by atoms with Gasteiger partial charge in [-0.25, -0.2) is 0 Å². The van der Waals surface area contributed by atoms with Crippen LogP contribution >= 0.6 is 0 Å². The molecule has 0 bridgehead atoms. The van der Waals surface area contributed by atoms with Crippen molar-refractivity contribution in [2.24, 2.45) is 0 Å². The number of amides is 2. The molecule has 0 aromatic carbocycles. The molecule has 1 aromatic heterocycles. The minimum absolute atomic E-state index is 0.0373. The summed E-state index contributed by atoms with van der Waals surface area (Å²) in [5.74, 6) is 0.0877. The molecule has 120 valence electrons. The van der Waals surface area contributed by atoms with E-state index in [0.717, 1.165) is 6.42 Å². The highest BCUT2D eigenvalue weighted by atomic mass is 16.6. The van der Waals surface area contributed by atoms with Gasteiger partial charge >= 0.3 is 0 Å². The van der Waals surface area contributed by atoms with Crippen molar-refractivity contribution in [3.8, 4) is 0 Å². The Morgan fingerprint density at radius 2 is 2.41 bits per heavy atom. The van der Waals surface area contributed by atoms with Gasteiger partial charge in [-0.15, -0.1) is 0 Å². The van der Waals surface area contributed by atoms with Crippen LogP contribution in [0.5, 0.6) is 0 Å². The van der Waals surface area contributed by atoms with Crippen molar-refractivity contribution in [1.82, 2.24) is 10.2 Å². The Labute approximate surface area is 128 Å². The van der Waals surface area contributed by atoms with Gasteiger partial charge in [-0.2, -0.15) is 0 Å². The van der Waals surface area contributed by atoms with Crippen molar-refractivity contribution in [2.45, 2.75) is 24.5 Å². The van der Waals surface area contributed by atoms with E-state index in [1.807, 2.05) is 0 Å². The largest absolute Gasteiger partial charge is 0.459 e. The Kier molecular flexibility index (Phi) is 4.17. The normalized spacial score (nSPS) is 27.5. The molecule has 3 rings (SSSR count). The van der Waals surface area contributed by atoms with Crippen LogP contribution in [0.15, 0.2) is 22.8 Å². The van der Waals surface area contributed by atoms with E-state index >= 15 is 0 Å². The number of hydrogen-bond acceptors (Lipinski definition) is 5. The van der Waals surface area contributed by atoms with Crippen LogP contribution in [0.3, 0.4) is 0 Å². The summed E-state index contributed by atoms with van der Waals surface area (Å²) in [6.07, 6.45) is 2.87. The molecule has 1 spiro atoms. The lowest BCUT2D eigenvalue weighted by Gasteiger charge is -2.22. The number of nitrogens with zero attached hydrogens (tertiary/aromatic N) is 1. The molecule has 2 saturated heterocycles. The van der Waals surface area contributed by atoms with E-state index in [1.54, 1.807) is 24.1 Å². The number of hydrogen-bond donors (Lipinski definition) is 1. The topological polar surface area (TPSA) is 81.0 Å². The first-order valence-electron chi connectivity index (χ1n) is 7.41. The zero-order chi connectivity index (χ0) is 15.6. The second-order valence-electron chi connectivity index (χ2n) is 5.76. The SMILES string of the molecule is CNC(=O)COC1COC2(CCN(C(=O)c3ccco3)C2)C1. The molecule has 2 amide bonds. The lowest BCUT2D eigenvalue weighted by molar-refractivity contribution is -0.127. The summed E-state index contributed by atoms with van der Waals surface area (Å²) in [5.41, 5.74) is -0.352. The summed E-state index contributed by atoms with van der Waals surface area (Å²) in [4.78, 5) is 25.2. The van der Waals surface area contributed by atoms with Crippen LogP contribution in [0.25, 0.3) is 0 Å². The first-order valence-corrected chi connectivity index (χ1v) is 7.41. The van der Waals surface area contributed by atoms with E-state index < -0.39 is 0 Å². The van der Waals surface area contributed by atoms with Gasteiger partial charge < -0.3 is 24.1 Å². The van der Waals surface area contributed by atoms with E-state index in [2.05, 4.69) is 5.32 Å². The number of rotatable bonds is 4. The number of carbonyl (C=O) groups excluding carboxylic acids is 2. The highest BCUT2D eigenvalue weighted by molar-refractivity contribution is 5.91. The molecule has 2 atom stereocenters. The fourth-order valence-electron chi connectivity index (χ4n) is 3.03. The summed E-state index contributed by atoms with van der Waals surface area (Å²) in [6.45, 7) is 1.67. The van der Waals surface area contributed by atoms with E-state index in [9.17, 15) is 9.59 Å². The summed E-state index contributed by atoms with van der Waals surface area (Å²) in [5, 5.41) is 2.52.